The number of halogens is 2. The Morgan fingerprint density at radius 3 is 2.56 bits per heavy atom. The Hall–Kier alpha value is -2.16. The third kappa shape index (κ3) is 3.33. The molecule has 1 aliphatic rings. The van der Waals surface area contributed by atoms with Crippen molar-refractivity contribution in [3.63, 3.8) is 0 Å². The fraction of sp³-hybridized carbons (Fsp3) is 0.333. The third-order valence-electron chi connectivity index (χ3n) is 4.17. The Kier molecular flexibility index (Phi) is 5.99. The first kappa shape index (κ1) is 19.2. The maximum absolute atomic E-state index is 13.1. The fourth-order valence-corrected chi connectivity index (χ4v) is 3.02. The molecule has 0 bridgehead atoms. The fourth-order valence-electron chi connectivity index (χ4n) is 3.02. The highest BCUT2D eigenvalue weighted by Crippen LogP contribution is 2.23. The van der Waals surface area contributed by atoms with E-state index in [1.54, 1.807) is 29.2 Å². The van der Waals surface area contributed by atoms with Crippen molar-refractivity contribution in [3.8, 4) is 0 Å². The van der Waals surface area contributed by atoms with Gasteiger partial charge in [0.05, 0.1) is 0 Å². The van der Waals surface area contributed by atoms with Crippen molar-refractivity contribution in [2.24, 2.45) is 7.05 Å². The van der Waals surface area contributed by atoms with Crippen LogP contribution in [-0.4, -0.2) is 54.4 Å². The van der Waals surface area contributed by atoms with E-state index in [-0.39, 0.29) is 36.8 Å². The van der Waals surface area contributed by atoms with E-state index < -0.39 is 0 Å². The predicted octanol–water partition coefficient (Wildman–Crippen LogP) is 1.09. The molecule has 0 aliphatic carbocycles. The van der Waals surface area contributed by atoms with Gasteiger partial charge in [-0.05, 0) is 0 Å². The molecule has 1 saturated heterocycles. The molecule has 1 fully saturated rings. The summed E-state index contributed by atoms with van der Waals surface area (Å²) in [4.78, 5) is 27.8. The molecule has 8 nitrogen and oxygen atoms in total. The highest BCUT2D eigenvalue weighted by atomic mass is 35.5. The summed E-state index contributed by atoms with van der Waals surface area (Å²) in [5.41, 5.74) is 0.952. The van der Waals surface area contributed by atoms with Gasteiger partial charge in [0, 0.05) is 63.9 Å². The summed E-state index contributed by atoms with van der Waals surface area (Å²) in [7, 11) is 1.94. The molecule has 10 heteroatoms. The van der Waals surface area contributed by atoms with E-state index in [0.29, 0.717) is 24.4 Å². The zero-order chi connectivity index (χ0) is 15.8. The number of nitrogens with zero attached hydrogens (tertiary/aromatic N) is 6. The van der Waals surface area contributed by atoms with Crippen molar-refractivity contribution in [2.45, 2.75) is 6.04 Å². The molecule has 1 unspecified atom stereocenters. The molecule has 134 valence electrons. The van der Waals surface area contributed by atoms with Gasteiger partial charge in [-0.3, -0.25) is 4.79 Å². The number of imidazole rings is 2. The van der Waals surface area contributed by atoms with Crippen molar-refractivity contribution < 1.29 is 4.79 Å². The molecule has 0 saturated carbocycles. The number of carbonyl (C=O) groups excluding carboxylic acids is 1. The predicted molar refractivity (Wildman–Crippen MR) is 97.3 cm³/mol. The van der Waals surface area contributed by atoms with Crippen LogP contribution < -0.4 is 5.32 Å². The summed E-state index contributed by atoms with van der Waals surface area (Å²) in [6.45, 7) is 2.04. The normalized spacial score (nSPS) is 17.0. The van der Waals surface area contributed by atoms with Gasteiger partial charge < -0.3 is 19.2 Å². The van der Waals surface area contributed by atoms with Gasteiger partial charge in [0.25, 0.3) is 5.91 Å². The first-order valence-corrected chi connectivity index (χ1v) is 7.52. The number of carbonyl (C=O) groups is 1. The minimum atomic E-state index is -0.117. The quantitative estimate of drug-likeness (QED) is 0.716. The van der Waals surface area contributed by atoms with E-state index in [4.69, 9.17) is 0 Å². The summed E-state index contributed by atoms with van der Waals surface area (Å²) >= 11 is 0. The molecule has 1 atom stereocenters. The van der Waals surface area contributed by atoms with Crippen molar-refractivity contribution in [1.29, 1.82) is 0 Å². The van der Waals surface area contributed by atoms with Gasteiger partial charge in [0.1, 0.15) is 11.9 Å². The number of fused-ring (bicyclic) bond motifs is 1. The second-order valence-electron chi connectivity index (χ2n) is 5.55. The zero-order valence-electron chi connectivity index (χ0n) is 13.6. The van der Waals surface area contributed by atoms with Crippen molar-refractivity contribution in [1.82, 2.24) is 34.1 Å². The number of rotatable bonds is 2. The Morgan fingerprint density at radius 1 is 1.12 bits per heavy atom. The molecule has 3 aromatic rings. The highest BCUT2D eigenvalue weighted by molar-refractivity contribution is 5.98. The first-order valence-electron chi connectivity index (χ1n) is 7.52. The van der Waals surface area contributed by atoms with Crippen LogP contribution >= 0.6 is 24.8 Å². The number of amides is 1. The van der Waals surface area contributed by atoms with Gasteiger partial charge in [0.2, 0.25) is 0 Å². The van der Waals surface area contributed by atoms with Crippen molar-refractivity contribution in [3.05, 3.63) is 48.7 Å². The second kappa shape index (κ2) is 7.81. The van der Waals surface area contributed by atoms with Crippen LogP contribution in [0, 0.1) is 0 Å². The molecule has 1 N–H and O–H groups in total. The van der Waals surface area contributed by atoms with Crippen molar-refractivity contribution in [2.75, 3.05) is 19.6 Å². The van der Waals surface area contributed by atoms with Gasteiger partial charge in [-0.15, -0.1) is 24.8 Å². The summed E-state index contributed by atoms with van der Waals surface area (Å²) in [5.74, 6) is 0.747. The lowest BCUT2D eigenvalue weighted by molar-refractivity contribution is 0.0616. The molecule has 4 heterocycles. The molecule has 1 amide bonds. The van der Waals surface area contributed by atoms with Gasteiger partial charge in [0.15, 0.2) is 11.3 Å². The lowest BCUT2D eigenvalue weighted by Gasteiger charge is -2.35. The molecule has 0 spiro atoms. The van der Waals surface area contributed by atoms with Crippen molar-refractivity contribution >= 4 is 36.4 Å². The number of nitrogens with one attached hydrogen (secondary N) is 1. The van der Waals surface area contributed by atoms with Crippen LogP contribution in [0.5, 0.6) is 0 Å². The minimum absolute atomic E-state index is 0. The highest BCUT2D eigenvalue weighted by Gasteiger charge is 2.32. The number of aryl methyl sites for hydroxylation is 1. The standard InChI is InChI=1S/C15H17N7O.2ClH/c1-20-6-3-18-13(20)11-10-16-2-9-22(11)15(23)12-14-19-5-8-21(14)7-4-17-12;;/h3-8,11,16H,2,9-10H2,1H3;2*1H. The van der Waals surface area contributed by atoms with Gasteiger partial charge in [-0.25, -0.2) is 15.0 Å². The maximum Gasteiger partial charge on any atom is 0.277 e. The minimum Gasteiger partial charge on any atom is -0.336 e. The molecule has 3 aromatic heterocycles. The second-order valence-corrected chi connectivity index (χ2v) is 5.55. The van der Waals surface area contributed by atoms with Crippen LogP contribution in [0.15, 0.2) is 37.2 Å². The van der Waals surface area contributed by atoms with E-state index in [1.165, 1.54) is 0 Å². The molecule has 4 rings (SSSR count). The van der Waals surface area contributed by atoms with Crippen LogP contribution in [-0.2, 0) is 7.05 Å². The van der Waals surface area contributed by atoms with E-state index in [1.807, 2.05) is 28.9 Å². The number of hydrogen-bond acceptors (Lipinski definition) is 5. The van der Waals surface area contributed by atoms with E-state index in [2.05, 4.69) is 20.3 Å². The summed E-state index contributed by atoms with van der Waals surface area (Å²) in [6, 6.07) is -0.117. The van der Waals surface area contributed by atoms with Crippen LogP contribution in [0.3, 0.4) is 0 Å². The Bertz CT molecular complexity index is 862. The lowest BCUT2D eigenvalue weighted by Crippen LogP contribution is -2.49. The molecular weight excluding hydrogens is 365 g/mol. The maximum atomic E-state index is 13.1. The number of piperazine rings is 1. The average molecular weight is 384 g/mol. The first-order chi connectivity index (χ1) is 11.3. The molecular formula is C15H19Cl2N7O. The van der Waals surface area contributed by atoms with Crippen LogP contribution in [0.4, 0.5) is 0 Å². The van der Waals surface area contributed by atoms with Gasteiger partial charge in [-0.1, -0.05) is 0 Å². The Labute approximate surface area is 157 Å². The summed E-state index contributed by atoms with van der Waals surface area (Å²) in [6.07, 6.45) is 10.5. The number of aromatic nitrogens is 5. The largest absolute Gasteiger partial charge is 0.336 e. The Balaban J connectivity index is 0.00000113. The topological polar surface area (TPSA) is 80.4 Å². The molecule has 0 radical (unpaired) electrons. The SMILES string of the molecule is Cl.Cl.Cn1ccnc1C1CNCCN1C(=O)c1nccn2ccnc12. The average Bonchev–Trinajstić information content (AvgIpc) is 3.22. The molecule has 1 aliphatic heterocycles. The summed E-state index contributed by atoms with van der Waals surface area (Å²) < 4.78 is 3.75. The van der Waals surface area contributed by atoms with Gasteiger partial charge >= 0.3 is 0 Å². The van der Waals surface area contributed by atoms with Crippen LogP contribution in [0.25, 0.3) is 5.65 Å². The van der Waals surface area contributed by atoms with E-state index >= 15 is 0 Å². The molecule has 0 aromatic carbocycles. The lowest BCUT2D eigenvalue weighted by atomic mass is 10.1. The molecule has 25 heavy (non-hydrogen) atoms. The number of hydrogen-bond donors (Lipinski definition) is 1. The zero-order valence-corrected chi connectivity index (χ0v) is 15.2. The van der Waals surface area contributed by atoms with E-state index in [9.17, 15) is 4.79 Å². The van der Waals surface area contributed by atoms with Crippen LogP contribution in [0.2, 0.25) is 0 Å². The van der Waals surface area contributed by atoms with Gasteiger partial charge in [-0.2, -0.15) is 0 Å². The Morgan fingerprint density at radius 2 is 1.84 bits per heavy atom. The van der Waals surface area contributed by atoms with E-state index in [0.717, 1.165) is 12.4 Å². The third-order valence-corrected chi connectivity index (χ3v) is 4.17. The van der Waals surface area contributed by atoms with Crippen LogP contribution in [0.1, 0.15) is 22.4 Å². The summed E-state index contributed by atoms with van der Waals surface area (Å²) in [5, 5.41) is 3.33. The smallest absolute Gasteiger partial charge is 0.277 e. The monoisotopic (exact) mass is 383 g/mol.